The predicted octanol–water partition coefficient (Wildman–Crippen LogP) is 2.74. The summed E-state index contributed by atoms with van der Waals surface area (Å²) >= 11 is 1.57. The van der Waals surface area contributed by atoms with E-state index >= 15 is 0 Å². The highest BCUT2D eigenvalue weighted by atomic mass is 32.1. The van der Waals surface area contributed by atoms with Crippen LogP contribution in [0.2, 0.25) is 0 Å². The summed E-state index contributed by atoms with van der Waals surface area (Å²) in [5, 5.41) is 10.4. The van der Waals surface area contributed by atoms with Gasteiger partial charge in [-0.05, 0) is 18.6 Å². The van der Waals surface area contributed by atoms with Gasteiger partial charge in [-0.3, -0.25) is 0 Å². The Morgan fingerprint density at radius 1 is 1.46 bits per heavy atom. The van der Waals surface area contributed by atoms with Gasteiger partial charge in [-0.25, -0.2) is 4.98 Å². The van der Waals surface area contributed by atoms with E-state index in [4.69, 9.17) is 0 Å². The van der Waals surface area contributed by atoms with Crippen molar-refractivity contribution in [3.63, 3.8) is 0 Å². The molecule has 0 bridgehead atoms. The molecule has 0 spiro atoms. The fourth-order valence-corrected chi connectivity index (χ4v) is 2.24. The monoisotopic (exact) mass is 193 g/mol. The average Bonchev–Trinajstić information content (AvgIpc) is 2.59. The van der Waals surface area contributed by atoms with E-state index in [2.05, 4.69) is 4.98 Å². The van der Waals surface area contributed by atoms with Gasteiger partial charge in [0.15, 0.2) is 0 Å². The van der Waals surface area contributed by atoms with E-state index in [0.29, 0.717) is 0 Å². The van der Waals surface area contributed by atoms with Gasteiger partial charge in [0, 0.05) is 0 Å². The molecule has 2 rings (SSSR count). The molecule has 0 radical (unpaired) electrons. The van der Waals surface area contributed by atoms with E-state index in [-0.39, 0.29) is 0 Å². The summed E-state index contributed by atoms with van der Waals surface area (Å²) in [5.74, 6) is 0. The van der Waals surface area contributed by atoms with Crippen molar-refractivity contribution >= 4 is 21.6 Å². The van der Waals surface area contributed by atoms with Crippen LogP contribution >= 0.6 is 11.3 Å². The molecule has 0 aliphatic heterocycles. The second-order valence-corrected chi connectivity index (χ2v) is 4.01. The smallest absolute Gasteiger partial charge is 0.122 e. The summed E-state index contributed by atoms with van der Waals surface area (Å²) in [6, 6.07) is 7.95. The maximum atomic E-state index is 9.58. The Morgan fingerprint density at radius 3 is 2.92 bits per heavy atom. The first-order valence-corrected chi connectivity index (χ1v) is 5.16. The molecule has 3 heteroatoms. The van der Waals surface area contributed by atoms with Crippen LogP contribution < -0.4 is 0 Å². The van der Waals surface area contributed by atoms with Gasteiger partial charge in [0.25, 0.3) is 0 Å². The normalized spacial score (nSPS) is 13.4. The van der Waals surface area contributed by atoms with E-state index in [1.54, 1.807) is 11.3 Å². The minimum absolute atomic E-state index is 0.405. The molecule has 0 fully saturated rings. The van der Waals surface area contributed by atoms with Crippen LogP contribution in [0.1, 0.15) is 24.5 Å². The molecule has 68 valence electrons. The first-order valence-electron chi connectivity index (χ1n) is 4.35. The second-order valence-electron chi connectivity index (χ2n) is 2.94. The van der Waals surface area contributed by atoms with E-state index in [9.17, 15) is 5.11 Å². The van der Waals surface area contributed by atoms with E-state index in [1.807, 2.05) is 31.2 Å². The molecule has 2 aromatic rings. The zero-order valence-corrected chi connectivity index (χ0v) is 8.21. The van der Waals surface area contributed by atoms with E-state index in [0.717, 1.165) is 21.6 Å². The highest BCUT2D eigenvalue weighted by Crippen LogP contribution is 2.27. The lowest BCUT2D eigenvalue weighted by atomic mass is 10.3. The minimum Gasteiger partial charge on any atom is -0.386 e. The van der Waals surface area contributed by atoms with Crippen LogP contribution in [0.4, 0.5) is 0 Å². The lowest BCUT2D eigenvalue weighted by molar-refractivity contribution is 0.173. The number of hydrogen-bond donors (Lipinski definition) is 1. The Hall–Kier alpha value is -0.930. The molecule has 1 atom stereocenters. The summed E-state index contributed by atoms with van der Waals surface area (Å²) in [5.41, 5.74) is 0.981. The molecule has 0 aliphatic carbocycles. The molecule has 1 N–H and O–H groups in total. The van der Waals surface area contributed by atoms with Crippen molar-refractivity contribution in [2.75, 3.05) is 0 Å². The van der Waals surface area contributed by atoms with Gasteiger partial charge in [0.05, 0.1) is 10.2 Å². The summed E-state index contributed by atoms with van der Waals surface area (Å²) < 4.78 is 1.14. The molecule has 0 amide bonds. The van der Waals surface area contributed by atoms with E-state index < -0.39 is 6.10 Å². The van der Waals surface area contributed by atoms with Gasteiger partial charge in [-0.1, -0.05) is 19.1 Å². The lowest BCUT2D eigenvalue weighted by Gasteiger charge is -2.00. The highest BCUT2D eigenvalue weighted by molar-refractivity contribution is 7.18. The fourth-order valence-electron chi connectivity index (χ4n) is 1.21. The van der Waals surface area contributed by atoms with E-state index in [1.165, 1.54) is 0 Å². The Morgan fingerprint density at radius 2 is 2.23 bits per heavy atom. The molecule has 13 heavy (non-hydrogen) atoms. The number of hydrogen-bond acceptors (Lipinski definition) is 3. The molecule has 0 aliphatic rings. The zero-order chi connectivity index (χ0) is 9.26. The summed E-state index contributed by atoms with van der Waals surface area (Å²) in [7, 11) is 0. The lowest BCUT2D eigenvalue weighted by Crippen LogP contribution is -1.92. The number of aliphatic hydroxyl groups excluding tert-OH is 1. The molecule has 1 heterocycles. The average molecular weight is 193 g/mol. The van der Waals surface area contributed by atoms with Crippen molar-refractivity contribution in [2.45, 2.75) is 19.4 Å². The topological polar surface area (TPSA) is 33.1 Å². The van der Waals surface area contributed by atoms with Crippen molar-refractivity contribution in [2.24, 2.45) is 0 Å². The maximum absolute atomic E-state index is 9.58. The molecular weight excluding hydrogens is 182 g/mol. The van der Waals surface area contributed by atoms with Gasteiger partial charge >= 0.3 is 0 Å². The van der Waals surface area contributed by atoms with Crippen molar-refractivity contribution in [1.82, 2.24) is 4.98 Å². The molecule has 1 unspecified atom stereocenters. The SMILES string of the molecule is CCC(O)c1nc2ccccc2s1. The third-order valence-corrected chi connectivity index (χ3v) is 3.12. The molecule has 1 aromatic carbocycles. The van der Waals surface area contributed by atoms with Gasteiger partial charge in [0.1, 0.15) is 11.1 Å². The third kappa shape index (κ3) is 1.57. The van der Waals surface area contributed by atoms with Crippen LogP contribution in [0.3, 0.4) is 0 Å². The quantitative estimate of drug-likeness (QED) is 0.795. The molecule has 0 saturated carbocycles. The number of rotatable bonds is 2. The second kappa shape index (κ2) is 3.44. The largest absolute Gasteiger partial charge is 0.386 e. The molecular formula is C10H11NOS. The molecule has 2 nitrogen and oxygen atoms in total. The van der Waals surface area contributed by atoms with Crippen molar-refractivity contribution in [3.05, 3.63) is 29.3 Å². The number of aromatic nitrogens is 1. The minimum atomic E-state index is -0.405. The van der Waals surface area contributed by atoms with Gasteiger partial charge in [0.2, 0.25) is 0 Å². The first-order chi connectivity index (χ1) is 6.31. The van der Waals surface area contributed by atoms with Crippen molar-refractivity contribution in [3.8, 4) is 0 Å². The van der Waals surface area contributed by atoms with Gasteiger partial charge in [-0.15, -0.1) is 11.3 Å². The molecule has 1 aromatic heterocycles. The van der Waals surface area contributed by atoms with Crippen molar-refractivity contribution in [1.29, 1.82) is 0 Å². The first kappa shape index (κ1) is 8.66. The summed E-state index contributed by atoms with van der Waals surface area (Å²) in [6.07, 6.45) is 0.317. The molecule has 0 saturated heterocycles. The number of thiazole rings is 1. The Balaban J connectivity index is 2.49. The Bertz CT molecular complexity index is 377. The number of para-hydroxylation sites is 1. The van der Waals surface area contributed by atoms with Crippen LogP contribution in [0.5, 0.6) is 0 Å². The predicted molar refractivity (Wildman–Crippen MR) is 54.9 cm³/mol. The number of benzene rings is 1. The maximum Gasteiger partial charge on any atom is 0.122 e. The Labute approximate surface area is 80.9 Å². The standard InChI is InChI=1S/C10H11NOS/c1-2-8(12)10-11-7-5-3-4-6-9(7)13-10/h3-6,8,12H,2H2,1H3. The zero-order valence-electron chi connectivity index (χ0n) is 7.40. The number of fused-ring (bicyclic) bond motifs is 1. The van der Waals surface area contributed by atoms with Gasteiger partial charge < -0.3 is 5.11 Å². The van der Waals surface area contributed by atoms with Crippen LogP contribution in [0, 0.1) is 0 Å². The number of aliphatic hydroxyl groups is 1. The van der Waals surface area contributed by atoms with Crippen LogP contribution in [-0.2, 0) is 0 Å². The Kier molecular flexibility index (Phi) is 2.29. The fraction of sp³-hybridized carbons (Fsp3) is 0.300. The number of nitrogens with zero attached hydrogens (tertiary/aromatic N) is 1. The van der Waals surface area contributed by atoms with Crippen LogP contribution in [0.25, 0.3) is 10.2 Å². The summed E-state index contributed by atoms with van der Waals surface area (Å²) in [6.45, 7) is 1.96. The summed E-state index contributed by atoms with van der Waals surface area (Å²) in [4.78, 5) is 4.35. The van der Waals surface area contributed by atoms with Crippen molar-refractivity contribution < 1.29 is 5.11 Å². The van der Waals surface area contributed by atoms with Gasteiger partial charge in [-0.2, -0.15) is 0 Å². The highest BCUT2D eigenvalue weighted by Gasteiger charge is 2.10. The van der Waals surface area contributed by atoms with Crippen LogP contribution in [0.15, 0.2) is 24.3 Å². The van der Waals surface area contributed by atoms with Crippen LogP contribution in [-0.4, -0.2) is 10.1 Å². The third-order valence-electron chi connectivity index (χ3n) is 1.98.